The van der Waals surface area contributed by atoms with Gasteiger partial charge in [0.05, 0.1) is 6.04 Å². The van der Waals surface area contributed by atoms with E-state index in [1.165, 1.54) is 0 Å². The van der Waals surface area contributed by atoms with Crippen LogP contribution < -0.4 is 10.2 Å². The standard InChI is InChI=1S/C24H24N2O2/c1-3-26(22-12-8-5-9-13-22)24(28)21-16-14-20(15-17-21)23(27)25-18(2)19-10-6-4-7-11-19/h4-18H,3H2,1-2H3,(H,25,27). The highest BCUT2D eigenvalue weighted by molar-refractivity contribution is 6.06. The van der Waals surface area contributed by atoms with Crippen molar-refractivity contribution < 1.29 is 9.59 Å². The third kappa shape index (κ3) is 4.46. The van der Waals surface area contributed by atoms with Crippen LogP contribution in [0.3, 0.4) is 0 Å². The molecule has 0 fully saturated rings. The van der Waals surface area contributed by atoms with Gasteiger partial charge < -0.3 is 10.2 Å². The molecule has 0 saturated carbocycles. The molecule has 0 aromatic heterocycles. The second kappa shape index (κ2) is 9.00. The van der Waals surface area contributed by atoms with Gasteiger partial charge in [0.15, 0.2) is 0 Å². The van der Waals surface area contributed by atoms with Gasteiger partial charge in [-0.05, 0) is 55.8 Å². The zero-order valence-electron chi connectivity index (χ0n) is 16.1. The number of anilines is 1. The first-order valence-electron chi connectivity index (χ1n) is 9.43. The van der Waals surface area contributed by atoms with Crippen molar-refractivity contribution in [3.05, 3.63) is 102 Å². The summed E-state index contributed by atoms with van der Waals surface area (Å²) in [4.78, 5) is 27.1. The largest absolute Gasteiger partial charge is 0.346 e. The Labute approximate surface area is 165 Å². The van der Waals surface area contributed by atoms with Gasteiger partial charge in [0.2, 0.25) is 0 Å². The molecule has 0 aliphatic rings. The summed E-state index contributed by atoms with van der Waals surface area (Å²) in [6.45, 7) is 4.46. The smallest absolute Gasteiger partial charge is 0.258 e. The number of benzene rings is 3. The Kier molecular flexibility index (Phi) is 6.22. The number of nitrogens with one attached hydrogen (secondary N) is 1. The quantitative estimate of drug-likeness (QED) is 0.673. The molecule has 0 bridgehead atoms. The molecule has 3 aromatic rings. The van der Waals surface area contributed by atoms with Crippen LogP contribution in [0.2, 0.25) is 0 Å². The van der Waals surface area contributed by atoms with Crippen LogP contribution >= 0.6 is 0 Å². The lowest BCUT2D eigenvalue weighted by Crippen LogP contribution is -2.30. The molecular formula is C24H24N2O2. The Morgan fingerprint density at radius 3 is 1.93 bits per heavy atom. The minimum Gasteiger partial charge on any atom is -0.346 e. The monoisotopic (exact) mass is 372 g/mol. The topological polar surface area (TPSA) is 49.4 Å². The maximum absolute atomic E-state index is 12.8. The molecule has 4 heteroatoms. The summed E-state index contributed by atoms with van der Waals surface area (Å²) in [5.74, 6) is -0.246. The molecule has 0 aliphatic heterocycles. The molecule has 28 heavy (non-hydrogen) atoms. The van der Waals surface area contributed by atoms with Gasteiger partial charge in [-0.15, -0.1) is 0 Å². The molecule has 1 unspecified atom stereocenters. The van der Waals surface area contributed by atoms with Gasteiger partial charge >= 0.3 is 0 Å². The van der Waals surface area contributed by atoms with E-state index in [0.717, 1.165) is 11.3 Å². The maximum atomic E-state index is 12.8. The van der Waals surface area contributed by atoms with Crippen LogP contribution in [0.4, 0.5) is 5.69 Å². The minimum atomic E-state index is -0.161. The maximum Gasteiger partial charge on any atom is 0.258 e. The van der Waals surface area contributed by atoms with Crippen molar-refractivity contribution in [2.75, 3.05) is 11.4 Å². The first kappa shape index (κ1) is 19.4. The van der Waals surface area contributed by atoms with Gasteiger partial charge in [-0.2, -0.15) is 0 Å². The zero-order valence-corrected chi connectivity index (χ0v) is 16.1. The Bertz CT molecular complexity index is 922. The molecule has 1 N–H and O–H groups in total. The van der Waals surface area contributed by atoms with E-state index in [-0.39, 0.29) is 17.9 Å². The summed E-state index contributed by atoms with van der Waals surface area (Å²) >= 11 is 0. The molecule has 0 radical (unpaired) electrons. The van der Waals surface area contributed by atoms with E-state index in [0.29, 0.717) is 17.7 Å². The second-order valence-corrected chi connectivity index (χ2v) is 6.57. The Morgan fingerprint density at radius 2 is 1.36 bits per heavy atom. The van der Waals surface area contributed by atoms with E-state index >= 15 is 0 Å². The molecular weight excluding hydrogens is 348 g/mol. The number of amides is 2. The van der Waals surface area contributed by atoms with Crippen LogP contribution in [0.25, 0.3) is 0 Å². The van der Waals surface area contributed by atoms with Gasteiger partial charge in [-0.1, -0.05) is 48.5 Å². The van der Waals surface area contributed by atoms with Gasteiger partial charge in [0, 0.05) is 23.4 Å². The fraction of sp³-hybridized carbons (Fsp3) is 0.167. The molecule has 0 aliphatic carbocycles. The lowest BCUT2D eigenvalue weighted by Gasteiger charge is -2.21. The van der Waals surface area contributed by atoms with Crippen molar-refractivity contribution in [1.29, 1.82) is 0 Å². The molecule has 0 heterocycles. The average molecular weight is 372 g/mol. The SMILES string of the molecule is CCN(C(=O)c1ccc(C(=O)NC(C)c2ccccc2)cc1)c1ccccc1. The molecule has 3 rings (SSSR count). The van der Waals surface area contributed by atoms with Crippen molar-refractivity contribution in [1.82, 2.24) is 5.32 Å². The van der Waals surface area contributed by atoms with E-state index in [1.807, 2.05) is 74.5 Å². The predicted octanol–water partition coefficient (Wildman–Crippen LogP) is 4.84. The number of para-hydroxylation sites is 1. The van der Waals surface area contributed by atoms with Gasteiger partial charge in [-0.3, -0.25) is 9.59 Å². The first-order valence-corrected chi connectivity index (χ1v) is 9.43. The van der Waals surface area contributed by atoms with E-state index in [1.54, 1.807) is 29.2 Å². The van der Waals surface area contributed by atoms with Crippen LogP contribution in [-0.4, -0.2) is 18.4 Å². The van der Waals surface area contributed by atoms with Crippen LogP contribution in [0.1, 0.15) is 46.2 Å². The number of hydrogen-bond acceptors (Lipinski definition) is 2. The molecule has 0 spiro atoms. The van der Waals surface area contributed by atoms with Gasteiger partial charge in [0.25, 0.3) is 11.8 Å². The summed E-state index contributed by atoms with van der Waals surface area (Å²) in [6, 6.07) is 26.1. The van der Waals surface area contributed by atoms with Gasteiger partial charge in [-0.25, -0.2) is 0 Å². The molecule has 1 atom stereocenters. The van der Waals surface area contributed by atoms with Crippen molar-refractivity contribution in [3.63, 3.8) is 0 Å². The fourth-order valence-corrected chi connectivity index (χ4v) is 3.08. The fourth-order valence-electron chi connectivity index (χ4n) is 3.08. The van der Waals surface area contributed by atoms with E-state index in [4.69, 9.17) is 0 Å². The van der Waals surface area contributed by atoms with Crippen molar-refractivity contribution in [2.45, 2.75) is 19.9 Å². The summed E-state index contributed by atoms with van der Waals surface area (Å²) in [7, 11) is 0. The minimum absolute atomic E-state index is 0.0849. The average Bonchev–Trinajstić information content (AvgIpc) is 2.75. The summed E-state index contributed by atoms with van der Waals surface area (Å²) in [5.41, 5.74) is 2.98. The Morgan fingerprint density at radius 1 is 0.821 bits per heavy atom. The molecule has 0 saturated heterocycles. The van der Waals surface area contributed by atoms with Crippen LogP contribution in [0.5, 0.6) is 0 Å². The number of rotatable bonds is 6. The van der Waals surface area contributed by atoms with Crippen LogP contribution in [0.15, 0.2) is 84.9 Å². The zero-order chi connectivity index (χ0) is 19.9. The molecule has 2 amide bonds. The first-order chi connectivity index (χ1) is 13.6. The third-order valence-electron chi connectivity index (χ3n) is 4.67. The highest BCUT2D eigenvalue weighted by Gasteiger charge is 2.17. The summed E-state index contributed by atoms with van der Waals surface area (Å²) in [6.07, 6.45) is 0. The molecule has 4 nitrogen and oxygen atoms in total. The van der Waals surface area contributed by atoms with Crippen LogP contribution in [0, 0.1) is 0 Å². The second-order valence-electron chi connectivity index (χ2n) is 6.57. The molecule has 3 aromatic carbocycles. The highest BCUT2D eigenvalue weighted by Crippen LogP contribution is 2.18. The van der Waals surface area contributed by atoms with E-state index in [9.17, 15) is 9.59 Å². The van der Waals surface area contributed by atoms with E-state index in [2.05, 4.69) is 5.32 Å². The number of hydrogen-bond donors (Lipinski definition) is 1. The predicted molar refractivity (Wildman–Crippen MR) is 113 cm³/mol. The summed E-state index contributed by atoms with van der Waals surface area (Å²) in [5, 5.41) is 2.99. The normalized spacial score (nSPS) is 11.5. The van der Waals surface area contributed by atoms with Crippen LogP contribution in [-0.2, 0) is 0 Å². The lowest BCUT2D eigenvalue weighted by atomic mass is 10.1. The van der Waals surface area contributed by atoms with Crippen molar-refractivity contribution in [3.8, 4) is 0 Å². The number of carbonyl (C=O) groups excluding carboxylic acids is 2. The highest BCUT2D eigenvalue weighted by atomic mass is 16.2. The third-order valence-corrected chi connectivity index (χ3v) is 4.67. The lowest BCUT2D eigenvalue weighted by molar-refractivity contribution is 0.0937. The van der Waals surface area contributed by atoms with E-state index < -0.39 is 0 Å². The van der Waals surface area contributed by atoms with Crippen molar-refractivity contribution in [2.24, 2.45) is 0 Å². The Balaban J connectivity index is 1.70. The Hall–Kier alpha value is -3.40. The van der Waals surface area contributed by atoms with Gasteiger partial charge in [0.1, 0.15) is 0 Å². The molecule has 142 valence electrons. The van der Waals surface area contributed by atoms with Crippen molar-refractivity contribution >= 4 is 17.5 Å². The number of nitrogens with zero attached hydrogens (tertiary/aromatic N) is 1. The summed E-state index contributed by atoms with van der Waals surface area (Å²) < 4.78 is 0. The number of carbonyl (C=O) groups is 2.